The fourth-order valence-electron chi connectivity index (χ4n) is 3.87. The molecular weight excluding hydrogens is 330 g/mol. The Morgan fingerprint density at radius 3 is 2.69 bits per heavy atom. The van der Waals surface area contributed by atoms with Crippen LogP contribution in [0.15, 0.2) is 29.5 Å². The van der Waals surface area contributed by atoms with E-state index in [-0.39, 0.29) is 5.69 Å². The molecule has 0 aromatic carbocycles. The molecule has 0 radical (unpaired) electrons. The van der Waals surface area contributed by atoms with Crippen molar-refractivity contribution in [2.45, 2.75) is 39.4 Å². The third-order valence-electron chi connectivity index (χ3n) is 5.41. The third-order valence-corrected chi connectivity index (χ3v) is 5.41. The Labute approximate surface area is 152 Å². The zero-order valence-corrected chi connectivity index (χ0v) is 15.4. The summed E-state index contributed by atoms with van der Waals surface area (Å²) < 4.78 is 5.50. The van der Waals surface area contributed by atoms with Crippen molar-refractivity contribution in [3.8, 4) is 0 Å². The van der Waals surface area contributed by atoms with Crippen molar-refractivity contribution in [3.63, 3.8) is 0 Å². The lowest BCUT2D eigenvalue weighted by Gasteiger charge is -2.31. The molecule has 0 spiro atoms. The summed E-state index contributed by atoms with van der Waals surface area (Å²) in [5.74, 6) is 1.50. The summed E-state index contributed by atoms with van der Waals surface area (Å²) in [6.07, 6.45) is 5.53. The zero-order valence-electron chi connectivity index (χ0n) is 15.4. The minimum atomic E-state index is 0.0581. The Hall–Kier alpha value is -2.48. The van der Waals surface area contributed by atoms with Crippen LogP contribution < -0.4 is 5.69 Å². The average molecular weight is 355 g/mol. The highest BCUT2D eigenvalue weighted by atomic mass is 16.1. The summed E-state index contributed by atoms with van der Waals surface area (Å²) in [6, 6.07) is 3.87. The molecule has 0 amide bonds. The van der Waals surface area contributed by atoms with E-state index in [1.165, 1.54) is 0 Å². The normalized spacial score (nSPS) is 16.5. The summed E-state index contributed by atoms with van der Waals surface area (Å²) >= 11 is 0. The molecule has 0 unspecified atom stereocenters. The van der Waals surface area contributed by atoms with E-state index in [0.717, 1.165) is 56.0 Å². The molecule has 4 rings (SSSR count). The summed E-state index contributed by atoms with van der Waals surface area (Å²) in [7, 11) is 1.93. The minimum absolute atomic E-state index is 0.0581. The Balaban J connectivity index is 1.45. The molecule has 0 N–H and O–H groups in total. The van der Waals surface area contributed by atoms with E-state index in [0.29, 0.717) is 12.5 Å². The highest BCUT2D eigenvalue weighted by molar-refractivity contribution is 5.71. The fraction of sp³-hybridized carbons (Fsp3) is 0.556. The van der Waals surface area contributed by atoms with Crippen LogP contribution in [0.4, 0.5) is 0 Å². The van der Waals surface area contributed by atoms with Crippen LogP contribution in [0.2, 0.25) is 0 Å². The number of nitrogens with zero attached hydrogens (tertiary/aromatic N) is 7. The van der Waals surface area contributed by atoms with Gasteiger partial charge in [-0.2, -0.15) is 5.10 Å². The summed E-state index contributed by atoms with van der Waals surface area (Å²) in [6.45, 7) is 6.29. The lowest BCUT2D eigenvalue weighted by atomic mass is 9.96. The first-order chi connectivity index (χ1) is 12.7. The van der Waals surface area contributed by atoms with Crippen LogP contribution in [-0.2, 0) is 26.7 Å². The van der Waals surface area contributed by atoms with Crippen LogP contribution in [0, 0.1) is 5.92 Å². The molecule has 138 valence electrons. The smallest absolute Gasteiger partial charge is 0.296 e. The van der Waals surface area contributed by atoms with E-state index < -0.39 is 0 Å². The van der Waals surface area contributed by atoms with Gasteiger partial charge in [0.05, 0.1) is 12.1 Å². The predicted octanol–water partition coefficient (Wildman–Crippen LogP) is 1.26. The molecule has 0 atom stereocenters. The van der Waals surface area contributed by atoms with Crippen LogP contribution >= 0.6 is 0 Å². The molecule has 0 bridgehead atoms. The van der Waals surface area contributed by atoms with Crippen LogP contribution in [0.5, 0.6) is 0 Å². The van der Waals surface area contributed by atoms with Crippen molar-refractivity contribution in [1.82, 2.24) is 33.8 Å². The van der Waals surface area contributed by atoms with E-state index in [9.17, 15) is 4.79 Å². The van der Waals surface area contributed by atoms with Gasteiger partial charge < -0.3 is 0 Å². The number of pyridine rings is 1. The van der Waals surface area contributed by atoms with Gasteiger partial charge in [-0.05, 0) is 50.9 Å². The third kappa shape index (κ3) is 3.05. The molecule has 4 heterocycles. The van der Waals surface area contributed by atoms with E-state index in [1.807, 2.05) is 39.9 Å². The van der Waals surface area contributed by atoms with Gasteiger partial charge in [-0.25, -0.2) is 14.8 Å². The Bertz CT molecular complexity index is 946. The van der Waals surface area contributed by atoms with Gasteiger partial charge in [0, 0.05) is 26.3 Å². The molecular formula is C18H25N7O. The van der Waals surface area contributed by atoms with E-state index in [2.05, 4.69) is 20.0 Å². The van der Waals surface area contributed by atoms with Crippen molar-refractivity contribution in [2.24, 2.45) is 13.0 Å². The van der Waals surface area contributed by atoms with Gasteiger partial charge in [-0.15, -0.1) is 0 Å². The second kappa shape index (κ2) is 7.03. The van der Waals surface area contributed by atoms with Crippen LogP contribution in [0.25, 0.3) is 11.2 Å². The molecule has 1 aliphatic rings. The summed E-state index contributed by atoms with van der Waals surface area (Å²) in [5, 5.41) is 4.13. The SMILES string of the molecule is CCn1c(=O)n(CC2CCN(Cc3ncnn3C)CC2)c2ncccc21. The van der Waals surface area contributed by atoms with Crippen molar-refractivity contribution in [3.05, 3.63) is 41.0 Å². The largest absolute Gasteiger partial charge is 0.330 e. The monoisotopic (exact) mass is 355 g/mol. The van der Waals surface area contributed by atoms with Crippen LogP contribution in [0.1, 0.15) is 25.6 Å². The molecule has 0 saturated carbocycles. The van der Waals surface area contributed by atoms with E-state index in [1.54, 1.807) is 12.5 Å². The number of aromatic nitrogens is 6. The highest BCUT2D eigenvalue weighted by Gasteiger charge is 2.23. The van der Waals surface area contributed by atoms with Gasteiger partial charge in [0.1, 0.15) is 12.2 Å². The van der Waals surface area contributed by atoms with Gasteiger partial charge in [0.2, 0.25) is 0 Å². The molecule has 1 fully saturated rings. The second-order valence-electron chi connectivity index (χ2n) is 7.00. The first-order valence-electron chi connectivity index (χ1n) is 9.26. The first kappa shape index (κ1) is 17.0. The van der Waals surface area contributed by atoms with E-state index >= 15 is 0 Å². The Morgan fingerprint density at radius 2 is 2.00 bits per heavy atom. The maximum Gasteiger partial charge on any atom is 0.330 e. The van der Waals surface area contributed by atoms with Crippen molar-refractivity contribution >= 4 is 11.2 Å². The molecule has 8 heteroatoms. The van der Waals surface area contributed by atoms with Gasteiger partial charge in [0.25, 0.3) is 0 Å². The van der Waals surface area contributed by atoms with E-state index in [4.69, 9.17) is 0 Å². The van der Waals surface area contributed by atoms with Gasteiger partial charge >= 0.3 is 5.69 Å². The van der Waals surface area contributed by atoms with Crippen molar-refractivity contribution in [1.29, 1.82) is 0 Å². The number of fused-ring (bicyclic) bond motifs is 1. The molecule has 26 heavy (non-hydrogen) atoms. The predicted molar refractivity (Wildman–Crippen MR) is 98.7 cm³/mol. The summed E-state index contributed by atoms with van der Waals surface area (Å²) in [5.41, 5.74) is 1.79. The maximum atomic E-state index is 12.8. The van der Waals surface area contributed by atoms with Crippen molar-refractivity contribution < 1.29 is 0 Å². The molecule has 8 nitrogen and oxygen atoms in total. The topological polar surface area (TPSA) is 73.8 Å². The van der Waals surface area contributed by atoms with Crippen molar-refractivity contribution in [2.75, 3.05) is 13.1 Å². The fourth-order valence-corrected chi connectivity index (χ4v) is 3.87. The number of piperidine rings is 1. The minimum Gasteiger partial charge on any atom is -0.296 e. The molecule has 1 saturated heterocycles. The average Bonchev–Trinajstić information content (AvgIpc) is 3.18. The maximum absolute atomic E-state index is 12.8. The van der Waals surface area contributed by atoms with Gasteiger partial charge in [-0.3, -0.25) is 18.7 Å². The lowest BCUT2D eigenvalue weighted by Crippen LogP contribution is -2.36. The standard InChI is InChI=1S/C18H25N7O/c1-3-24-15-5-4-8-19-17(15)25(18(24)26)11-14-6-9-23(10-7-14)12-16-20-13-21-22(16)2/h4-5,8,13-14H,3,6-7,9-12H2,1-2H3. The number of likely N-dealkylation sites (tertiary alicyclic amines) is 1. The highest BCUT2D eigenvalue weighted by Crippen LogP contribution is 2.21. The Morgan fingerprint density at radius 1 is 1.19 bits per heavy atom. The summed E-state index contributed by atoms with van der Waals surface area (Å²) in [4.78, 5) is 24.0. The lowest BCUT2D eigenvalue weighted by molar-refractivity contribution is 0.162. The first-order valence-corrected chi connectivity index (χ1v) is 9.26. The number of imidazole rings is 1. The number of hydrogen-bond donors (Lipinski definition) is 0. The molecule has 3 aromatic heterocycles. The van der Waals surface area contributed by atoms with Crippen LogP contribution in [-0.4, -0.2) is 46.9 Å². The Kier molecular flexibility index (Phi) is 4.58. The van der Waals surface area contributed by atoms with Gasteiger partial charge in [0.15, 0.2) is 5.65 Å². The van der Waals surface area contributed by atoms with Gasteiger partial charge in [-0.1, -0.05) is 0 Å². The molecule has 0 aliphatic carbocycles. The number of hydrogen-bond acceptors (Lipinski definition) is 5. The quantitative estimate of drug-likeness (QED) is 0.689. The zero-order chi connectivity index (χ0) is 18.1. The number of aryl methyl sites for hydroxylation is 2. The molecule has 3 aromatic rings. The molecule has 1 aliphatic heterocycles. The number of rotatable bonds is 5. The second-order valence-corrected chi connectivity index (χ2v) is 7.00. The van der Waals surface area contributed by atoms with Crippen LogP contribution in [0.3, 0.4) is 0 Å².